The molecule has 2 saturated heterocycles. The largest absolute Gasteiger partial charge is 0.456 e. The number of fused-ring (bicyclic) bond motifs is 3. The highest BCUT2D eigenvalue weighted by Gasteiger charge is 2.33. The second-order valence-corrected chi connectivity index (χ2v) is 9.51. The molecule has 2 fully saturated rings. The Morgan fingerprint density at radius 2 is 1.48 bits per heavy atom. The lowest BCUT2D eigenvalue weighted by atomic mass is 10.1. The van der Waals surface area contributed by atoms with Crippen molar-refractivity contribution in [2.75, 3.05) is 52.5 Å². The van der Waals surface area contributed by atoms with Gasteiger partial charge in [-0.05, 0) is 6.07 Å². The molecule has 0 bridgehead atoms. The van der Waals surface area contributed by atoms with Gasteiger partial charge in [0.1, 0.15) is 11.2 Å². The molecule has 0 unspecified atom stereocenters. The van der Waals surface area contributed by atoms with E-state index in [2.05, 4.69) is 29.2 Å². The molecule has 0 N–H and O–H groups in total. The summed E-state index contributed by atoms with van der Waals surface area (Å²) in [6.07, 6.45) is 0. The molecule has 1 aromatic heterocycles. The zero-order valence-corrected chi connectivity index (χ0v) is 17.1. The second kappa shape index (κ2) is 7.70. The average Bonchev–Trinajstić information content (AvgIpc) is 3.15. The number of piperazine rings is 1. The first-order chi connectivity index (χ1) is 14.1. The lowest BCUT2D eigenvalue weighted by Gasteiger charge is -2.37. The summed E-state index contributed by atoms with van der Waals surface area (Å²) in [5, 5.41) is 2.26. The van der Waals surface area contributed by atoms with E-state index in [1.165, 1.54) is 0 Å². The highest BCUT2D eigenvalue weighted by Crippen LogP contribution is 2.31. The van der Waals surface area contributed by atoms with Gasteiger partial charge < -0.3 is 9.15 Å². The molecule has 2 aliphatic rings. The Balaban J connectivity index is 1.30. The fourth-order valence-corrected chi connectivity index (χ4v) is 5.79. The molecule has 3 aromatic rings. The molecule has 0 amide bonds. The van der Waals surface area contributed by atoms with Crippen LogP contribution in [0, 0.1) is 0 Å². The van der Waals surface area contributed by atoms with Crippen molar-refractivity contribution < 1.29 is 17.6 Å². The monoisotopic (exact) mass is 415 g/mol. The molecule has 0 aliphatic carbocycles. The van der Waals surface area contributed by atoms with Crippen LogP contribution in [0.1, 0.15) is 5.56 Å². The Hall–Kier alpha value is -1.97. The van der Waals surface area contributed by atoms with Crippen molar-refractivity contribution >= 4 is 32.1 Å². The molecule has 154 valence electrons. The number of para-hydroxylation sites is 2. The number of morpholine rings is 1. The molecular formula is C21H25N3O4S. The first-order valence-corrected chi connectivity index (χ1v) is 11.5. The van der Waals surface area contributed by atoms with Gasteiger partial charge in [0.2, 0.25) is 0 Å². The number of nitrogens with zero attached hydrogens (tertiary/aromatic N) is 3. The summed E-state index contributed by atoms with van der Waals surface area (Å²) in [6.45, 7) is 5.02. The van der Waals surface area contributed by atoms with Crippen LogP contribution < -0.4 is 0 Å². The van der Waals surface area contributed by atoms with E-state index in [9.17, 15) is 8.42 Å². The van der Waals surface area contributed by atoms with E-state index in [0.717, 1.165) is 34.0 Å². The SMILES string of the molecule is O=S(=O)(N1CCOCC1)N1CCN(Cc2cccc3c2oc2ccccc23)CC1. The zero-order valence-electron chi connectivity index (χ0n) is 16.3. The van der Waals surface area contributed by atoms with Crippen LogP contribution in [-0.4, -0.2) is 74.4 Å². The Morgan fingerprint density at radius 1 is 0.793 bits per heavy atom. The summed E-state index contributed by atoms with van der Waals surface area (Å²) in [7, 11) is -3.39. The van der Waals surface area contributed by atoms with Gasteiger partial charge in [-0.2, -0.15) is 17.0 Å². The number of furan rings is 1. The molecule has 2 aliphatic heterocycles. The van der Waals surface area contributed by atoms with Crippen molar-refractivity contribution in [1.29, 1.82) is 0 Å². The maximum Gasteiger partial charge on any atom is 0.282 e. The fraction of sp³-hybridized carbons (Fsp3) is 0.429. The summed E-state index contributed by atoms with van der Waals surface area (Å²) < 4.78 is 40.2. The number of hydrogen-bond acceptors (Lipinski definition) is 5. The molecule has 29 heavy (non-hydrogen) atoms. The average molecular weight is 416 g/mol. The molecule has 8 heteroatoms. The Labute approximate surface area is 170 Å². The smallest absolute Gasteiger partial charge is 0.282 e. The van der Waals surface area contributed by atoms with Gasteiger partial charge in [-0.25, -0.2) is 0 Å². The van der Waals surface area contributed by atoms with Gasteiger partial charge in [0.25, 0.3) is 10.2 Å². The number of benzene rings is 2. The van der Waals surface area contributed by atoms with Crippen molar-refractivity contribution in [2.24, 2.45) is 0 Å². The summed E-state index contributed by atoms with van der Waals surface area (Å²) in [5.41, 5.74) is 2.97. The number of rotatable bonds is 4. The van der Waals surface area contributed by atoms with Gasteiger partial charge in [0.15, 0.2) is 0 Å². The number of ether oxygens (including phenoxy) is 1. The first kappa shape index (κ1) is 19.0. The lowest BCUT2D eigenvalue weighted by Crippen LogP contribution is -2.54. The zero-order chi connectivity index (χ0) is 19.8. The van der Waals surface area contributed by atoms with Gasteiger partial charge in [-0.15, -0.1) is 0 Å². The van der Waals surface area contributed by atoms with E-state index in [0.29, 0.717) is 52.5 Å². The van der Waals surface area contributed by atoms with Crippen LogP contribution in [0.5, 0.6) is 0 Å². The van der Waals surface area contributed by atoms with Crippen molar-refractivity contribution in [3.05, 3.63) is 48.0 Å². The van der Waals surface area contributed by atoms with Crippen molar-refractivity contribution in [3.63, 3.8) is 0 Å². The van der Waals surface area contributed by atoms with Gasteiger partial charge in [-0.1, -0.05) is 36.4 Å². The lowest BCUT2D eigenvalue weighted by molar-refractivity contribution is 0.0684. The highest BCUT2D eigenvalue weighted by molar-refractivity contribution is 7.86. The van der Waals surface area contributed by atoms with E-state index in [1.54, 1.807) is 8.61 Å². The predicted molar refractivity (Wildman–Crippen MR) is 112 cm³/mol. The summed E-state index contributed by atoms with van der Waals surface area (Å²) in [5.74, 6) is 0. The highest BCUT2D eigenvalue weighted by atomic mass is 32.2. The second-order valence-electron chi connectivity index (χ2n) is 7.59. The third kappa shape index (κ3) is 3.55. The van der Waals surface area contributed by atoms with Crippen LogP contribution in [0.15, 0.2) is 46.9 Å². The topological polar surface area (TPSA) is 66.2 Å². The Kier molecular flexibility index (Phi) is 5.05. The molecule has 2 aromatic carbocycles. The maximum absolute atomic E-state index is 12.8. The van der Waals surface area contributed by atoms with E-state index in [-0.39, 0.29) is 0 Å². The fourth-order valence-electron chi connectivity index (χ4n) is 4.23. The third-order valence-corrected chi connectivity index (χ3v) is 7.87. The Bertz CT molecular complexity index is 1110. The normalized spacial score (nSPS) is 20.6. The van der Waals surface area contributed by atoms with E-state index >= 15 is 0 Å². The van der Waals surface area contributed by atoms with Crippen molar-refractivity contribution in [3.8, 4) is 0 Å². The minimum Gasteiger partial charge on any atom is -0.456 e. The van der Waals surface area contributed by atoms with Crippen molar-refractivity contribution in [1.82, 2.24) is 13.5 Å². The molecule has 0 atom stereocenters. The maximum atomic E-state index is 12.8. The molecule has 0 spiro atoms. The van der Waals surface area contributed by atoms with Crippen LogP contribution >= 0.6 is 0 Å². The summed E-state index contributed by atoms with van der Waals surface area (Å²) >= 11 is 0. The summed E-state index contributed by atoms with van der Waals surface area (Å²) in [4.78, 5) is 2.30. The minimum atomic E-state index is -3.39. The van der Waals surface area contributed by atoms with Crippen molar-refractivity contribution in [2.45, 2.75) is 6.54 Å². The van der Waals surface area contributed by atoms with Gasteiger partial charge >= 0.3 is 0 Å². The standard InChI is InChI=1S/C21H25N3O4S/c25-29(26,24-12-14-27-15-13-24)23-10-8-22(9-11-23)16-17-4-3-6-19-18-5-1-2-7-20(18)28-21(17)19/h1-7H,8-16H2. The molecule has 0 saturated carbocycles. The minimum absolute atomic E-state index is 0.441. The summed E-state index contributed by atoms with van der Waals surface area (Å²) in [6, 6.07) is 14.4. The molecular weight excluding hydrogens is 390 g/mol. The predicted octanol–water partition coefficient (Wildman–Crippen LogP) is 2.28. The molecule has 3 heterocycles. The van der Waals surface area contributed by atoms with Crippen LogP contribution in [-0.2, 0) is 21.5 Å². The molecule has 5 rings (SSSR count). The van der Waals surface area contributed by atoms with E-state index < -0.39 is 10.2 Å². The first-order valence-electron chi connectivity index (χ1n) is 10.1. The van der Waals surface area contributed by atoms with Crippen LogP contribution in [0.25, 0.3) is 21.9 Å². The van der Waals surface area contributed by atoms with Crippen LogP contribution in [0.2, 0.25) is 0 Å². The molecule has 0 radical (unpaired) electrons. The van der Waals surface area contributed by atoms with E-state index in [1.807, 2.05) is 18.2 Å². The van der Waals surface area contributed by atoms with Crippen LogP contribution in [0.4, 0.5) is 0 Å². The Morgan fingerprint density at radius 3 is 2.28 bits per heavy atom. The van der Waals surface area contributed by atoms with Gasteiger partial charge in [-0.3, -0.25) is 4.90 Å². The molecule has 7 nitrogen and oxygen atoms in total. The van der Waals surface area contributed by atoms with E-state index in [4.69, 9.17) is 9.15 Å². The van der Waals surface area contributed by atoms with Crippen LogP contribution in [0.3, 0.4) is 0 Å². The van der Waals surface area contributed by atoms with Gasteiger partial charge in [0, 0.05) is 62.1 Å². The third-order valence-electron chi connectivity index (χ3n) is 5.83. The quantitative estimate of drug-likeness (QED) is 0.654. The number of hydrogen-bond donors (Lipinski definition) is 0. The van der Waals surface area contributed by atoms with Gasteiger partial charge in [0.05, 0.1) is 13.2 Å².